The Hall–Kier alpha value is -2.74. The molecule has 0 saturated heterocycles. The largest absolute Gasteiger partial charge is 0.493 e. The highest BCUT2D eigenvalue weighted by Crippen LogP contribution is 2.34. The molecule has 25 heavy (non-hydrogen) atoms. The average molecular weight is 365 g/mol. The summed E-state index contributed by atoms with van der Waals surface area (Å²) in [7, 11) is 0.135. The molecule has 0 heterocycles. The lowest BCUT2D eigenvalue weighted by atomic mass is 10.1. The molecule has 0 aliphatic carbocycles. The number of nitrogens with one attached hydrogen (secondary N) is 1. The van der Waals surface area contributed by atoms with Gasteiger partial charge in [0.05, 0.1) is 37.5 Å². The molecule has 134 valence electrons. The van der Waals surface area contributed by atoms with Crippen LogP contribution in [-0.4, -0.2) is 35.7 Å². The van der Waals surface area contributed by atoms with Gasteiger partial charge in [-0.25, -0.2) is 13.2 Å². The zero-order valence-corrected chi connectivity index (χ0v) is 15.1. The molecule has 2 aromatic rings. The highest BCUT2D eigenvalue weighted by atomic mass is 32.2. The third-order valence-electron chi connectivity index (χ3n) is 3.50. The summed E-state index contributed by atoms with van der Waals surface area (Å²) in [4.78, 5) is 12.1. The number of benzene rings is 2. The molecule has 7 nitrogen and oxygen atoms in total. The van der Waals surface area contributed by atoms with Crippen LogP contribution in [-0.2, 0) is 14.8 Å². The Morgan fingerprint density at radius 3 is 2.04 bits per heavy atom. The van der Waals surface area contributed by atoms with E-state index in [0.29, 0.717) is 0 Å². The van der Waals surface area contributed by atoms with Crippen LogP contribution < -0.4 is 14.2 Å². The lowest BCUT2D eigenvalue weighted by Crippen LogP contribution is -2.16. The van der Waals surface area contributed by atoms with Crippen molar-refractivity contribution in [2.45, 2.75) is 11.8 Å². The smallest absolute Gasteiger partial charge is 0.340 e. The van der Waals surface area contributed by atoms with Gasteiger partial charge >= 0.3 is 5.97 Å². The van der Waals surface area contributed by atoms with Gasteiger partial charge in [0.25, 0.3) is 10.0 Å². The molecule has 0 aliphatic rings. The van der Waals surface area contributed by atoms with Crippen molar-refractivity contribution in [3.8, 4) is 11.5 Å². The first-order chi connectivity index (χ1) is 11.8. The van der Waals surface area contributed by atoms with Crippen molar-refractivity contribution in [3.63, 3.8) is 0 Å². The fourth-order valence-electron chi connectivity index (χ4n) is 2.16. The molecule has 0 bridgehead atoms. The number of methoxy groups -OCH3 is 3. The molecular weight excluding hydrogens is 346 g/mol. The van der Waals surface area contributed by atoms with Gasteiger partial charge < -0.3 is 14.2 Å². The minimum absolute atomic E-state index is 0.0100. The fourth-order valence-corrected chi connectivity index (χ4v) is 3.23. The zero-order valence-electron chi connectivity index (χ0n) is 14.3. The molecule has 0 saturated carbocycles. The number of carbonyl (C=O) groups is 1. The van der Waals surface area contributed by atoms with E-state index in [2.05, 4.69) is 4.72 Å². The number of hydrogen-bond acceptors (Lipinski definition) is 6. The minimum atomic E-state index is -3.89. The lowest BCUT2D eigenvalue weighted by Gasteiger charge is -2.15. The van der Waals surface area contributed by atoms with Crippen LogP contribution in [0.25, 0.3) is 0 Å². The Morgan fingerprint density at radius 1 is 0.960 bits per heavy atom. The Morgan fingerprint density at radius 2 is 1.52 bits per heavy atom. The minimum Gasteiger partial charge on any atom is -0.493 e. The zero-order chi connectivity index (χ0) is 18.6. The van der Waals surface area contributed by atoms with Gasteiger partial charge in [-0.1, -0.05) is 17.7 Å². The van der Waals surface area contributed by atoms with Crippen molar-refractivity contribution >= 4 is 21.7 Å². The van der Waals surface area contributed by atoms with Gasteiger partial charge in [0, 0.05) is 12.1 Å². The van der Waals surface area contributed by atoms with Crippen LogP contribution in [0.2, 0.25) is 0 Å². The predicted molar refractivity (Wildman–Crippen MR) is 92.9 cm³/mol. The van der Waals surface area contributed by atoms with E-state index in [1.165, 1.54) is 45.6 Å². The van der Waals surface area contributed by atoms with Gasteiger partial charge in [0.1, 0.15) is 0 Å². The van der Waals surface area contributed by atoms with Crippen molar-refractivity contribution in [1.82, 2.24) is 0 Å². The van der Waals surface area contributed by atoms with Crippen LogP contribution in [0.1, 0.15) is 15.9 Å². The molecule has 2 rings (SSSR count). The average Bonchev–Trinajstić information content (AvgIpc) is 2.60. The van der Waals surface area contributed by atoms with E-state index < -0.39 is 16.0 Å². The highest BCUT2D eigenvalue weighted by Gasteiger charge is 2.22. The van der Waals surface area contributed by atoms with Gasteiger partial charge in [-0.05, 0) is 19.1 Å². The summed E-state index contributed by atoms with van der Waals surface area (Å²) >= 11 is 0. The van der Waals surface area contributed by atoms with Crippen LogP contribution in [0.3, 0.4) is 0 Å². The predicted octanol–water partition coefficient (Wildman–Crippen LogP) is 2.60. The number of sulfonamides is 1. The normalized spacial score (nSPS) is 10.9. The number of esters is 1. The molecule has 0 radical (unpaired) electrons. The summed E-state index contributed by atoms with van der Waals surface area (Å²) in [5.41, 5.74) is 0.973. The van der Waals surface area contributed by atoms with Crippen molar-refractivity contribution in [1.29, 1.82) is 0 Å². The molecule has 8 heteroatoms. The van der Waals surface area contributed by atoms with E-state index in [4.69, 9.17) is 14.2 Å². The third-order valence-corrected chi connectivity index (χ3v) is 4.89. The summed E-state index contributed by atoms with van der Waals surface area (Å²) in [6.07, 6.45) is 0. The van der Waals surface area contributed by atoms with Crippen molar-refractivity contribution in [3.05, 3.63) is 47.5 Å². The van der Waals surface area contributed by atoms with E-state index >= 15 is 0 Å². The second-order valence-corrected chi connectivity index (χ2v) is 6.85. The Bertz CT molecular complexity index is 875. The van der Waals surface area contributed by atoms with Crippen LogP contribution in [0.4, 0.5) is 5.69 Å². The number of anilines is 1. The number of aryl methyl sites for hydroxylation is 1. The van der Waals surface area contributed by atoms with Crippen LogP contribution in [0.15, 0.2) is 41.3 Å². The fraction of sp³-hybridized carbons (Fsp3) is 0.235. The Balaban J connectivity index is 2.53. The molecule has 0 aromatic heterocycles. The number of rotatable bonds is 6. The summed E-state index contributed by atoms with van der Waals surface area (Å²) in [5.74, 6) is -0.152. The van der Waals surface area contributed by atoms with Crippen molar-refractivity contribution < 1.29 is 27.4 Å². The maximum atomic E-state index is 12.6. The second-order valence-electron chi connectivity index (χ2n) is 5.16. The molecule has 0 amide bonds. The number of carbonyl (C=O) groups excluding carboxylic acids is 1. The quantitative estimate of drug-likeness (QED) is 0.791. The first-order valence-electron chi connectivity index (χ1n) is 7.26. The standard InChI is InChI=1S/C17H19NO6S/c1-11-5-7-12(8-6-11)25(20,21)18-14-10-16(23-3)15(22-2)9-13(14)17(19)24-4/h5-10,18H,1-4H3. The molecule has 0 aliphatic heterocycles. The van der Waals surface area contributed by atoms with E-state index in [1.54, 1.807) is 12.1 Å². The van der Waals surface area contributed by atoms with Crippen LogP contribution in [0, 0.1) is 6.92 Å². The molecule has 0 fully saturated rings. The van der Waals surface area contributed by atoms with Gasteiger partial charge in [0.2, 0.25) is 0 Å². The van der Waals surface area contributed by atoms with Gasteiger partial charge in [0.15, 0.2) is 11.5 Å². The molecule has 0 atom stereocenters. The van der Waals surface area contributed by atoms with E-state index in [9.17, 15) is 13.2 Å². The van der Waals surface area contributed by atoms with Gasteiger partial charge in [-0.15, -0.1) is 0 Å². The monoisotopic (exact) mass is 365 g/mol. The van der Waals surface area contributed by atoms with Crippen LogP contribution >= 0.6 is 0 Å². The lowest BCUT2D eigenvalue weighted by molar-refractivity contribution is 0.0601. The van der Waals surface area contributed by atoms with Crippen molar-refractivity contribution in [2.24, 2.45) is 0 Å². The molecule has 1 N–H and O–H groups in total. The molecule has 0 spiro atoms. The first-order valence-corrected chi connectivity index (χ1v) is 8.74. The van der Waals surface area contributed by atoms with Gasteiger partial charge in [-0.2, -0.15) is 0 Å². The summed E-state index contributed by atoms with van der Waals surface area (Å²) in [5, 5.41) is 0. The second kappa shape index (κ2) is 7.43. The van der Waals surface area contributed by atoms with E-state index in [-0.39, 0.29) is 27.6 Å². The number of hydrogen-bond donors (Lipinski definition) is 1. The highest BCUT2D eigenvalue weighted by molar-refractivity contribution is 7.92. The van der Waals surface area contributed by atoms with E-state index in [0.717, 1.165) is 5.56 Å². The topological polar surface area (TPSA) is 90.9 Å². The third kappa shape index (κ3) is 4.03. The maximum Gasteiger partial charge on any atom is 0.340 e. The van der Waals surface area contributed by atoms with Crippen LogP contribution in [0.5, 0.6) is 11.5 Å². The number of ether oxygens (including phenoxy) is 3. The summed E-state index contributed by atoms with van der Waals surface area (Å²) in [6, 6.07) is 9.07. The molecule has 2 aromatic carbocycles. The molecular formula is C17H19NO6S. The van der Waals surface area contributed by atoms with Gasteiger partial charge in [-0.3, -0.25) is 4.72 Å². The summed E-state index contributed by atoms with van der Waals surface area (Å²) in [6.45, 7) is 1.85. The summed E-state index contributed by atoms with van der Waals surface area (Å²) < 4.78 is 42.6. The molecule has 0 unspecified atom stereocenters. The van der Waals surface area contributed by atoms with Crippen molar-refractivity contribution in [2.75, 3.05) is 26.1 Å². The van der Waals surface area contributed by atoms with E-state index in [1.807, 2.05) is 6.92 Å². The Labute approximate surface area is 146 Å². The SMILES string of the molecule is COC(=O)c1cc(OC)c(OC)cc1NS(=O)(=O)c1ccc(C)cc1. The maximum absolute atomic E-state index is 12.6. The Kier molecular flexibility index (Phi) is 5.53. The first kappa shape index (κ1) is 18.6.